The summed E-state index contributed by atoms with van der Waals surface area (Å²) in [4.78, 5) is 0. The monoisotopic (exact) mass is 124 g/mol. The zero-order chi connectivity index (χ0) is 2.71. The predicted molar refractivity (Wildman–Crippen MR) is 8.83 cm³/mol. The standard InChI is InChI=1S/C2H.ClH.Zn/c1-2;;/h1H;1H;/q;;+1/p-1. The average Bonchev–Trinajstić information content (AvgIpc) is 0.918. The van der Waals surface area contributed by atoms with E-state index in [-0.39, 0.29) is 12.4 Å². The second kappa shape index (κ2) is 9.79. The summed E-state index contributed by atoms with van der Waals surface area (Å²) in [6.07, 6.45) is 4.65. The van der Waals surface area contributed by atoms with E-state index in [1.165, 1.54) is 0 Å². The van der Waals surface area contributed by atoms with E-state index in [4.69, 9.17) is 0 Å². The summed E-state index contributed by atoms with van der Waals surface area (Å²) >= 11 is 0.972. The predicted octanol–water partition coefficient (Wildman–Crippen LogP) is -2.87. The Morgan fingerprint density at radius 1 is 1.75 bits per heavy atom. The molecule has 0 nitrogen and oxygen atoms in total. The fourth-order valence-corrected chi connectivity index (χ4v) is 0. The SMILES string of the molecule is C#[C][Zn+].[Cl-]. The van der Waals surface area contributed by atoms with E-state index in [1.807, 2.05) is 0 Å². The first-order valence-corrected chi connectivity index (χ1v) is 2.13. The molecule has 0 aromatic rings. The molecule has 0 unspecified atom stereocenters. The first-order chi connectivity index (χ1) is 1.41. The molecule has 0 radical (unpaired) electrons. The van der Waals surface area contributed by atoms with Crippen molar-refractivity contribution in [3.05, 3.63) is 0 Å². The minimum atomic E-state index is 0. The molecule has 0 spiro atoms. The van der Waals surface area contributed by atoms with Crippen LogP contribution >= 0.6 is 0 Å². The molecule has 0 N–H and O–H groups in total. The summed E-state index contributed by atoms with van der Waals surface area (Å²) in [5.41, 5.74) is 0. The van der Waals surface area contributed by atoms with Crippen LogP contribution in [0.25, 0.3) is 0 Å². The summed E-state index contributed by atoms with van der Waals surface area (Å²) in [6.45, 7) is 0. The van der Waals surface area contributed by atoms with Gasteiger partial charge in [0.15, 0.2) is 0 Å². The first-order valence-electron chi connectivity index (χ1n) is 0.642. The van der Waals surface area contributed by atoms with E-state index < -0.39 is 0 Å². The van der Waals surface area contributed by atoms with Crippen molar-refractivity contribution in [3.63, 3.8) is 0 Å². The zero-order valence-electron chi connectivity index (χ0n) is 2.16. The summed E-state index contributed by atoms with van der Waals surface area (Å²) in [7, 11) is 0. The Bertz CT molecular complexity index is 27.5. The Morgan fingerprint density at radius 3 is 1.75 bits per heavy atom. The van der Waals surface area contributed by atoms with Crippen LogP contribution in [0.1, 0.15) is 0 Å². The van der Waals surface area contributed by atoms with Gasteiger partial charge in [-0.05, 0) is 0 Å². The topological polar surface area (TPSA) is 0 Å². The van der Waals surface area contributed by atoms with Gasteiger partial charge in [0.2, 0.25) is 0 Å². The van der Waals surface area contributed by atoms with E-state index in [2.05, 4.69) is 10.9 Å². The van der Waals surface area contributed by atoms with E-state index in [1.54, 1.807) is 0 Å². The molecule has 0 amide bonds. The molecule has 18 valence electrons. The van der Waals surface area contributed by atoms with Crippen LogP contribution in [0, 0.1) is 10.9 Å². The van der Waals surface area contributed by atoms with Gasteiger partial charge in [0.25, 0.3) is 0 Å². The van der Waals surface area contributed by atoms with Gasteiger partial charge in [-0.1, -0.05) is 0 Å². The molecule has 0 aliphatic heterocycles. The van der Waals surface area contributed by atoms with Crippen LogP contribution in [0.2, 0.25) is 0 Å². The van der Waals surface area contributed by atoms with Gasteiger partial charge in [0, 0.05) is 0 Å². The van der Waals surface area contributed by atoms with E-state index in [0.29, 0.717) is 0 Å². The quantitative estimate of drug-likeness (QED) is 0.241. The molecule has 0 aliphatic rings. The molecule has 0 aromatic carbocycles. The molecular weight excluding hydrogens is 125 g/mol. The number of rotatable bonds is 0. The van der Waals surface area contributed by atoms with Crippen LogP contribution in [0.4, 0.5) is 0 Å². The third-order valence-electron chi connectivity index (χ3n) is 0. The summed E-state index contributed by atoms with van der Waals surface area (Å²) in [5, 5.41) is 0. The molecule has 0 aliphatic carbocycles. The van der Waals surface area contributed by atoms with Gasteiger partial charge in [0.1, 0.15) is 0 Å². The molecule has 0 heterocycles. The van der Waals surface area contributed by atoms with Gasteiger partial charge in [-0.15, -0.1) is 0 Å². The fourth-order valence-electron chi connectivity index (χ4n) is 0. The van der Waals surface area contributed by atoms with Crippen LogP contribution in [0.15, 0.2) is 0 Å². The molecular formula is C2HClZn. The van der Waals surface area contributed by atoms with Gasteiger partial charge < -0.3 is 12.4 Å². The summed E-state index contributed by atoms with van der Waals surface area (Å²) in [6, 6.07) is 0. The van der Waals surface area contributed by atoms with Gasteiger partial charge in [-0.2, -0.15) is 0 Å². The first kappa shape index (κ1) is 8.82. The van der Waals surface area contributed by atoms with E-state index in [0.717, 1.165) is 18.3 Å². The number of hydrogen-bond acceptors (Lipinski definition) is 0. The Morgan fingerprint density at radius 2 is 1.75 bits per heavy atom. The number of terminal acetylenes is 1. The van der Waals surface area contributed by atoms with Gasteiger partial charge >= 0.3 is 29.2 Å². The Kier molecular flexibility index (Phi) is 21.6. The smallest absolute Gasteiger partial charge is 1.00 e. The van der Waals surface area contributed by atoms with Gasteiger partial charge in [0.05, 0.1) is 0 Å². The number of halogens is 1. The fraction of sp³-hybridized carbons (Fsp3) is 0. The molecule has 0 aromatic heterocycles. The molecule has 0 fully saturated rings. The maximum atomic E-state index is 4.65. The third-order valence-corrected chi connectivity index (χ3v) is 0. The molecule has 2 heteroatoms. The van der Waals surface area contributed by atoms with Crippen LogP contribution < -0.4 is 12.4 Å². The molecule has 4 heavy (non-hydrogen) atoms. The van der Waals surface area contributed by atoms with Crippen LogP contribution in [-0.2, 0) is 18.3 Å². The maximum Gasteiger partial charge on any atom is -1.00 e. The molecule has 0 bridgehead atoms. The van der Waals surface area contributed by atoms with Crippen molar-refractivity contribution >= 4 is 0 Å². The normalized spacial score (nSPS) is 2.25. The average molecular weight is 126 g/mol. The summed E-state index contributed by atoms with van der Waals surface area (Å²) in [5.74, 6) is 0. The van der Waals surface area contributed by atoms with Crippen molar-refractivity contribution < 1.29 is 30.7 Å². The van der Waals surface area contributed by atoms with Crippen molar-refractivity contribution in [2.75, 3.05) is 0 Å². The van der Waals surface area contributed by atoms with Crippen LogP contribution in [0.5, 0.6) is 0 Å². The zero-order valence-corrected chi connectivity index (χ0v) is 5.89. The molecule has 0 saturated carbocycles. The Hall–Kier alpha value is 0.473. The second-order valence-corrected chi connectivity index (χ2v) is 1.06. The van der Waals surface area contributed by atoms with Gasteiger partial charge in [-0.3, -0.25) is 0 Å². The molecule has 0 saturated heterocycles. The van der Waals surface area contributed by atoms with Crippen molar-refractivity contribution in [2.24, 2.45) is 0 Å². The molecule has 0 atom stereocenters. The van der Waals surface area contributed by atoms with Gasteiger partial charge in [-0.25, -0.2) is 0 Å². The van der Waals surface area contributed by atoms with Crippen molar-refractivity contribution in [2.45, 2.75) is 0 Å². The summed E-state index contributed by atoms with van der Waals surface area (Å²) < 4.78 is 2.38. The minimum Gasteiger partial charge on any atom is -1.00 e. The minimum absolute atomic E-state index is 0. The second-order valence-electron chi connectivity index (χ2n) is 0.204. The van der Waals surface area contributed by atoms with Crippen molar-refractivity contribution in [1.82, 2.24) is 0 Å². The van der Waals surface area contributed by atoms with Crippen molar-refractivity contribution in [1.29, 1.82) is 0 Å². The van der Waals surface area contributed by atoms with Crippen LogP contribution in [-0.4, -0.2) is 0 Å². The van der Waals surface area contributed by atoms with E-state index >= 15 is 0 Å². The Balaban J connectivity index is 0. The Labute approximate surface area is 42.1 Å². The van der Waals surface area contributed by atoms with Crippen LogP contribution in [0.3, 0.4) is 0 Å². The largest absolute Gasteiger partial charge is 1.00 e. The maximum absolute atomic E-state index is 4.65. The van der Waals surface area contributed by atoms with Crippen molar-refractivity contribution in [3.8, 4) is 10.9 Å². The molecule has 0 rings (SSSR count). The van der Waals surface area contributed by atoms with E-state index in [9.17, 15) is 0 Å². The number of hydrogen-bond donors (Lipinski definition) is 0. The third kappa shape index (κ3) is 24.0.